The standard InChI is InChI=1S/C18H14ClNO3S/c1-10(11-6-7-13-14(8-11)23-9-22-13)20-18(21)17-16(19)12-4-2-3-5-15(12)24-17/h2-8,10H,9H2,1H3,(H,20,21). The molecule has 1 N–H and O–H groups in total. The Morgan fingerprint density at radius 1 is 1.21 bits per heavy atom. The number of rotatable bonds is 3. The van der Waals surface area contributed by atoms with E-state index in [1.54, 1.807) is 0 Å². The number of carbonyl (C=O) groups excluding carboxylic acids is 1. The zero-order valence-electron chi connectivity index (χ0n) is 12.8. The molecule has 1 aliphatic heterocycles. The van der Waals surface area contributed by atoms with Gasteiger partial charge in [-0.15, -0.1) is 11.3 Å². The Labute approximate surface area is 148 Å². The van der Waals surface area contributed by atoms with Gasteiger partial charge in [-0.3, -0.25) is 4.79 Å². The van der Waals surface area contributed by atoms with Gasteiger partial charge in [0.15, 0.2) is 11.5 Å². The van der Waals surface area contributed by atoms with Crippen molar-refractivity contribution in [2.45, 2.75) is 13.0 Å². The van der Waals surface area contributed by atoms with Crippen molar-refractivity contribution in [3.8, 4) is 11.5 Å². The molecule has 0 saturated heterocycles. The lowest BCUT2D eigenvalue weighted by molar-refractivity contribution is 0.0944. The van der Waals surface area contributed by atoms with Crippen LogP contribution in [0.15, 0.2) is 42.5 Å². The fourth-order valence-corrected chi connectivity index (χ4v) is 4.11. The smallest absolute Gasteiger partial charge is 0.263 e. The number of ether oxygens (including phenoxy) is 2. The monoisotopic (exact) mass is 359 g/mol. The lowest BCUT2D eigenvalue weighted by atomic mass is 10.1. The van der Waals surface area contributed by atoms with Crippen LogP contribution in [0.4, 0.5) is 0 Å². The molecule has 0 bridgehead atoms. The fourth-order valence-electron chi connectivity index (χ4n) is 2.69. The normalized spacial score (nSPS) is 13.9. The van der Waals surface area contributed by atoms with Gasteiger partial charge >= 0.3 is 0 Å². The Morgan fingerprint density at radius 2 is 2.00 bits per heavy atom. The first-order chi connectivity index (χ1) is 11.6. The molecule has 0 spiro atoms. The minimum atomic E-state index is -0.175. The van der Waals surface area contributed by atoms with Crippen LogP contribution in [0.25, 0.3) is 10.1 Å². The fraction of sp³-hybridized carbons (Fsp3) is 0.167. The molecule has 0 aliphatic carbocycles. The molecular weight excluding hydrogens is 346 g/mol. The third kappa shape index (κ3) is 2.60. The van der Waals surface area contributed by atoms with Crippen molar-refractivity contribution < 1.29 is 14.3 Å². The number of thiophene rings is 1. The molecule has 3 aromatic rings. The molecule has 1 unspecified atom stereocenters. The molecule has 1 aliphatic rings. The average Bonchev–Trinajstić information content (AvgIpc) is 3.19. The predicted octanol–water partition coefficient (Wildman–Crippen LogP) is 4.77. The van der Waals surface area contributed by atoms with E-state index in [-0.39, 0.29) is 18.7 Å². The number of benzene rings is 2. The van der Waals surface area contributed by atoms with E-state index in [2.05, 4.69) is 5.32 Å². The van der Waals surface area contributed by atoms with E-state index >= 15 is 0 Å². The topological polar surface area (TPSA) is 47.6 Å². The molecule has 0 fully saturated rings. The second kappa shape index (κ2) is 6.00. The van der Waals surface area contributed by atoms with Gasteiger partial charge in [-0.2, -0.15) is 0 Å². The third-order valence-corrected chi connectivity index (χ3v) is 5.66. The Hall–Kier alpha value is -2.24. The molecule has 1 amide bonds. The molecule has 0 radical (unpaired) electrons. The molecule has 0 saturated carbocycles. The van der Waals surface area contributed by atoms with Crippen molar-refractivity contribution in [3.05, 3.63) is 57.9 Å². The molecule has 122 valence electrons. The van der Waals surface area contributed by atoms with Crippen molar-refractivity contribution in [2.24, 2.45) is 0 Å². The summed E-state index contributed by atoms with van der Waals surface area (Å²) < 4.78 is 11.7. The van der Waals surface area contributed by atoms with Gasteiger partial charge in [0.1, 0.15) is 4.88 Å². The Balaban J connectivity index is 1.57. The number of hydrogen-bond acceptors (Lipinski definition) is 4. The number of nitrogens with one attached hydrogen (secondary N) is 1. The van der Waals surface area contributed by atoms with E-state index in [0.717, 1.165) is 21.4 Å². The maximum absolute atomic E-state index is 12.6. The largest absolute Gasteiger partial charge is 0.454 e. The van der Waals surface area contributed by atoms with Crippen LogP contribution >= 0.6 is 22.9 Å². The summed E-state index contributed by atoms with van der Waals surface area (Å²) >= 11 is 7.77. The second-order valence-corrected chi connectivity index (χ2v) is 6.98. The molecule has 1 atom stereocenters. The van der Waals surface area contributed by atoms with E-state index in [9.17, 15) is 4.79 Å². The number of amides is 1. The van der Waals surface area contributed by atoms with Crippen LogP contribution in [0.3, 0.4) is 0 Å². The van der Waals surface area contributed by atoms with E-state index in [0.29, 0.717) is 15.6 Å². The zero-order chi connectivity index (χ0) is 16.7. The van der Waals surface area contributed by atoms with Crippen molar-refractivity contribution in [3.63, 3.8) is 0 Å². The first-order valence-electron chi connectivity index (χ1n) is 7.51. The van der Waals surface area contributed by atoms with Gasteiger partial charge < -0.3 is 14.8 Å². The van der Waals surface area contributed by atoms with Crippen LogP contribution in [-0.2, 0) is 0 Å². The first-order valence-corrected chi connectivity index (χ1v) is 8.70. The number of hydrogen-bond donors (Lipinski definition) is 1. The maximum atomic E-state index is 12.6. The van der Waals surface area contributed by atoms with Gasteiger partial charge in [0.05, 0.1) is 11.1 Å². The lowest BCUT2D eigenvalue weighted by Gasteiger charge is -2.14. The highest BCUT2D eigenvalue weighted by atomic mass is 35.5. The molecule has 4 nitrogen and oxygen atoms in total. The molecule has 4 rings (SSSR count). The van der Waals surface area contributed by atoms with Gasteiger partial charge in [-0.05, 0) is 30.7 Å². The first kappa shape index (κ1) is 15.3. The number of carbonyl (C=O) groups is 1. The van der Waals surface area contributed by atoms with Crippen LogP contribution in [0.5, 0.6) is 11.5 Å². The summed E-state index contributed by atoms with van der Waals surface area (Å²) in [6.45, 7) is 2.16. The van der Waals surface area contributed by atoms with Gasteiger partial charge in [0, 0.05) is 10.1 Å². The van der Waals surface area contributed by atoms with E-state index < -0.39 is 0 Å². The highest BCUT2D eigenvalue weighted by molar-refractivity contribution is 7.21. The van der Waals surface area contributed by atoms with Gasteiger partial charge in [-0.1, -0.05) is 35.9 Å². The van der Waals surface area contributed by atoms with E-state index in [1.807, 2.05) is 49.4 Å². The maximum Gasteiger partial charge on any atom is 0.263 e. The highest BCUT2D eigenvalue weighted by Crippen LogP contribution is 2.36. The quantitative estimate of drug-likeness (QED) is 0.732. The van der Waals surface area contributed by atoms with Crippen molar-refractivity contribution in [2.75, 3.05) is 6.79 Å². The van der Waals surface area contributed by atoms with Crippen molar-refractivity contribution in [1.82, 2.24) is 5.32 Å². The Kier molecular flexibility index (Phi) is 3.82. The van der Waals surface area contributed by atoms with E-state index in [1.165, 1.54) is 11.3 Å². The third-order valence-electron chi connectivity index (χ3n) is 3.99. The Morgan fingerprint density at radius 3 is 2.83 bits per heavy atom. The summed E-state index contributed by atoms with van der Waals surface area (Å²) in [5, 5.41) is 4.41. The zero-order valence-corrected chi connectivity index (χ0v) is 14.4. The van der Waals surface area contributed by atoms with Gasteiger partial charge in [0.25, 0.3) is 5.91 Å². The molecule has 2 heterocycles. The minimum absolute atomic E-state index is 0.173. The average molecular weight is 360 g/mol. The van der Waals surface area contributed by atoms with Crippen molar-refractivity contribution >= 4 is 38.9 Å². The van der Waals surface area contributed by atoms with Crippen LogP contribution in [0.2, 0.25) is 5.02 Å². The number of halogens is 1. The van der Waals surface area contributed by atoms with E-state index in [4.69, 9.17) is 21.1 Å². The molecule has 2 aromatic carbocycles. The van der Waals surface area contributed by atoms with Crippen molar-refractivity contribution in [1.29, 1.82) is 0 Å². The van der Waals surface area contributed by atoms with Crippen LogP contribution in [0.1, 0.15) is 28.2 Å². The van der Waals surface area contributed by atoms with Crippen LogP contribution in [-0.4, -0.2) is 12.7 Å². The molecule has 24 heavy (non-hydrogen) atoms. The summed E-state index contributed by atoms with van der Waals surface area (Å²) in [7, 11) is 0. The summed E-state index contributed by atoms with van der Waals surface area (Å²) in [5.74, 6) is 1.25. The molecular formula is C18H14ClNO3S. The van der Waals surface area contributed by atoms with Gasteiger partial charge in [0.2, 0.25) is 6.79 Å². The second-order valence-electron chi connectivity index (χ2n) is 5.55. The summed E-state index contributed by atoms with van der Waals surface area (Å²) in [6.07, 6.45) is 0. The minimum Gasteiger partial charge on any atom is -0.454 e. The lowest BCUT2D eigenvalue weighted by Crippen LogP contribution is -2.26. The SMILES string of the molecule is CC(NC(=O)c1sc2ccccc2c1Cl)c1ccc2c(c1)OCO2. The molecule has 1 aromatic heterocycles. The summed E-state index contributed by atoms with van der Waals surface area (Å²) in [5.41, 5.74) is 0.949. The molecule has 6 heteroatoms. The summed E-state index contributed by atoms with van der Waals surface area (Å²) in [6, 6.07) is 13.2. The predicted molar refractivity (Wildman–Crippen MR) is 95.3 cm³/mol. The van der Waals surface area contributed by atoms with Crippen LogP contribution < -0.4 is 14.8 Å². The summed E-state index contributed by atoms with van der Waals surface area (Å²) in [4.78, 5) is 13.1. The van der Waals surface area contributed by atoms with Crippen LogP contribution in [0, 0.1) is 0 Å². The van der Waals surface area contributed by atoms with Gasteiger partial charge in [-0.25, -0.2) is 0 Å². The highest BCUT2D eigenvalue weighted by Gasteiger charge is 2.20. The Bertz CT molecular complexity index is 937. The number of fused-ring (bicyclic) bond motifs is 2.